The third-order valence-corrected chi connectivity index (χ3v) is 2.30. The van der Waals surface area contributed by atoms with Gasteiger partial charge in [-0.15, -0.1) is 0 Å². The summed E-state index contributed by atoms with van der Waals surface area (Å²) in [5.74, 6) is 0. The summed E-state index contributed by atoms with van der Waals surface area (Å²) in [6.07, 6.45) is 0. The van der Waals surface area contributed by atoms with Crippen LogP contribution in [0.5, 0.6) is 0 Å². The predicted molar refractivity (Wildman–Crippen MR) is 48.3 cm³/mol. The second-order valence-electron chi connectivity index (χ2n) is 2.69. The summed E-state index contributed by atoms with van der Waals surface area (Å²) in [5.41, 5.74) is 0. The number of rotatable bonds is 2. The van der Waals surface area contributed by atoms with E-state index in [1.54, 1.807) is 0 Å². The van der Waals surface area contributed by atoms with E-state index < -0.39 is 9.99 Å². The van der Waals surface area contributed by atoms with E-state index in [0.717, 1.165) is 13.1 Å². The van der Waals surface area contributed by atoms with Crippen LogP contribution in [-0.2, 0) is 14.7 Å². The number of ether oxygens (including phenoxy) is 1. The molecule has 6 heteroatoms. The third kappa shape index (κ3) is 4.03. The van der Waals surface area contributed by atoms with Crippen LogP contribution in [0.1, 0.15) is 0 Å². The molecule has 0 radical (unpaired) electrons. The van der Waals surface area contributed by atoms with Gasteiger partial charge in [-0.25, -0.2) is 9.35 Å². The van der Waals surface area contributed by atoms with Crippen LogP contribution in [0.3, 0.4) is 0 Å². The molecule has 1 aliphatic rings. The molecular formula is C6H14N2O3S. The Balaban J connectivity index is 2.36. The first-order valence-electron chi connectivity index (χ1n) is 3.75. The number of hydrogen-bond acceptors (Lipinski definition) is 3. The van der Waals surface area contributed by atoms with Gasteiger partial charge in [0.25, 0.3) is 0 Å². The van der Waals surface area contributed by atoms with E-state index in [1.165, 1.54) is 5.37 Å². The standard InChI is InChI=1S/C6H14N2O3S/c7-12(9,10)6-3-8-1-4-11-5-2-8/h6H,1-5H2,(H3,7,9,10). The highest BCUT2D eigenvalue weighted by molar-refractivity contribution is 7.94. The van der Waals surface area contributed by atoms with Gasteiger partial charge in [0.2, 0.25) is 0 Å². The van der Waals surface area contributed by atoms with Crippen molar-refractivity contribution in [2.75, 3.05) is 32.8 Å². The van der Waals surface area contributed by atoms with Crippen molar-refractivity contribution in [2.24, 2.45) is 5.14 Å². The fourth-order valence-corrected chi connectivity index (χ4v) is 1.42. The third-order valence-electron chi connectivity index (χ3n) is 1.68. The maximum absolute atomic E-state index is 10.6. The molecule has 0 saturated carbocycles. The smallest absolute Gasteiger partial charge is 0.139 e. The quantitative estimate of drug-likeness (QED) is 0.539. The topological polar surface area (TPSA) is 75.8 Å². The van der Waals surface area contributed by atoms with E-state index in [2.05, 4.69) is 0 Å². The van der Waals surface area contributed by atoms with Gasteiger partial charge in [0.05, 0.1) is 13.2 Å². The molecule has 12 heavy (non-hydrogen) atoms. The van der Waals surface area contributed by atoms with Crippen LogP contribution in [0.25, 0.3) is 0 Å². The molecule has 1 atom stereocenters. The molecule has 72 valence electrons. The Bertz CT molecular complexity index is 233. The normalized spacial score (nSPS) is 24.8. The number of nitrogens with zero attached hydrogens (tertiary/aromatic N) is 1. The summed E-state index contributed by atoms with van der Waals surface area (Å²) in [5, 5.41) is 6.16. The van der Waals surface area contributed by atoms with Crippen molar-refractivity contribution >= 4 is 15.4 Å². The molecule has 0 aromatic carbocycles. The summed E-state index contributed by atoms with van der Waals surface area (Å²) in [6.45, 7) is 3.42. The molecule has 1 aliphatic heterocycles. The van der Waals surface area contributed by atoms with Crippen molar-refractivity contribution < 1.29 is 13.5 Å². The van der Waals surface area contributed by atoms with E-state index in [4.69, 9.17) is 14.4 Å². The van der Waals surface area contributed by atoms with Crippen LogP contribution in [0, 0.1) is 0 Å². The van der Waals surface area contributed by atoms with Crippen molar-refractivity contribution in [3.8, 4) is 0 Å². The Labute approximate surface area is 72.5 Å². The average molecular weight is 194 g/mol. The lowest BCUT2D eigenvalue weighted by molar-refractivity contribution is 0.0458. The highest BCUT2D eigenvalue weighted by Crippen LogP contribution is 1.94. The Kier molecular flexibility index (Phi) is 3.48. The second kappa shape index (κ2) is 4.20. The summed E-state index contributed by atoms with van der Waals surface area (Å²) < 4.78 is 24.5. The lowest BCUT2D eigenvalue weighted by Crippen LogP contribution is -2.38. The molecule has 3 N–H and O–H groups in total. The van der Waals surface area contributed by atoms with Gasteiger partial charge in [-0.2, -0.15) is 0 Å². The number of nitrogens with two attached hydrogens (primary N) is 1. The van der Waals surface area contributed by atoms with Crippen LogP contribution < -0.4 is 5.14 Å². The van der Waals surface area contributed by atoms with E-state index in [1.807, 2.05) is 4.90 Å². The van der Waals surface area contributed by atoms with Crippen LogP contribution >= 0.6 is 0 Å². The van der Waals surface area contributed by atoms with Gasteiger partial charge < -0.3 is 9.29 Å². The summed E-state index contributed by atoms with van der Waals surface area (Å²) in [7, 11) is -3.18. The largest absolute Gasteiger partial charge is 0.379 e. The second-order valence-corrected chi connectivity index (χ2v) is 4.25. The predicted octanol–water partition coefficient (Wildman–Crippen LogP) is -1.25. The van der Waals surface area contributed by atoms with Gasteiger partial charge in [-0.1, -0.05) is 0 Å². The Morgan fingerprint density at radius 2 is 2.17 bits per heavy atom. The zero-order valence-corrected chi connectivity index (χ0v) is 7.63. The van der Waals surface area contributed by atoms with Gasteiger partial charge >= 0.3 is 0 Å². The fourth-order valence-electron chi connectivity index (χ4n) is 0.996. The highest BCUT2D eigenvalue weighted by Gasteiger charge is 2.08. The molecule has 0 aromatic rings. The molecule has 1 rings (SSSR count). The Morgan fingerprint density at radius 3 is 2.67 bits per heavy atom. The van der Waals surface area contributed by atoms with Crippen LogP contribution in [0.4, 0.5) is 0 Å². The molecule has 1 unspecified atom stereocenters. The summed E-state index contributed by atoms with van der Waals surface area (Å²) in [6, 6.07) is 0. The maximum atomic E-state index is 10.6. The van der Waals surface area contributed by atoms with Crippen molar-refractivity contribution in [3.63, 3.8) is 0 Å². The minimum atomic E-state index is -3.18. The first-order chi connectivity index (χ1) is 5.58. The SMILES string of the molecule is NS(=O)(O)=CCN1CCOCC1. The lowest BCUT2D eigenvalue weighted by atomic mass is 10.4. The van der Waals surface area contributed by atoms with Crippen molar-refractivity contribution in [1.82, 2.24) is 4.90 Å². The van der Waals surface area contributed by atoms with Gasteiger partial charge in [0.15, 0.2) is 0 Å². The molecule has 0 spiro atoms. The van der Waals surface area contributed by atoms with E-state index in [-0.39, 0.29) is 0 Å². The van der Waals surface area contributed by atoms with Crippen molar-refractivity contribution in [1.29, 1.82) is 0 Å². The zero-order valence-electron chi connectivity index (χ0n) is 6.81. The molecule has 1 fully saturated rings. The first kappa shape index (κ1) is 9.94. The Morgan fingerprint density at radius 1 is 1.58 bits per heavy atom. The minimum absolute atomic E-state index is 0.454. The molecule has 1 saturated heterocycles. The summed E-state index contributed by atoms with van der Waals surface area (Å²) >= 11 is 0. The molecular weight excluding hydrogens is 180 g/mol. The highest BCUT2D eigenvalue weighted by atomic mass is 32.2. The lowest BCUT2D eigenvalue weighted by Gasteiger charge is -2.24. The zero-order chi connectivity index (χ0) is 9.03. The molecule has 0 amide bonds. The van der Waals surface area contributed by atoms with E-state index in [9.17, 15) is 4.21 Å². The maximum Gasteiger partial charge on any atom is 0.139 e. The van der Waals surface area contributed by atoms with Crippen molar-refractivity contribution in [3.05, 3.63) is 0 Å². The average Bonchev–Trinajstić information content (AvgIpc) is 2.02. The number of hydrogen-bond donors (Lipinski definition) is 2. The molecule has 5 nitrogen and oxygen atoms in total. The van der Waals surface area contributed by atoms with E-state index >= 15 is 0 Å². The molecule has 1 heterocycles. The van der Waals surface area contributed by atoms with E-state index in [0.29, 0.717) is 19.8 Å². The molecule has 0 aliphatic carbocycles. The first-order valence-corrected chi connectivity index (χ1v) is 5.40. The van der Waals surface area contributed by atoms with Gasteiger partial charge in [0.1, 0.15) is 9.99 Å². The monoisotopic (exact) mass is 194 g/mol. The van der Waals surface area contributed by atoms with Crippen LogP contribution in [0.15, 0.2) is 0 Å². The van der Waals surface area contributed by atoms with Crippen LogP contribution in [0.2, 0.25) is 0 Å². The van der Waals surface area contributed by atoms with Gasteiger partial charge in [0, 0.05) is 25.0 Å². The summed E-state index contributed by atoms with van der Waals surface area (Å²) in [4.78, 5) is 2.02. The Hall–Kier alpha value is -0.140. The van der Waals surface area contributed by atoms with Crippen LogP contribution in [-0.4, -0.2) is 51.9 Å². The molecule has 0 aromatic heterocycles. The fraction of sp³-hybridized carbons (Fsp3) is 0.833. The van der Waals surface area contributed by atoms with Gasteiger partial charge in [-0.05, 0) is 0 Å². The van der Waals surface area contributed by atoms with Crippen molar-refractivity contribution in [2.45, 2.75) is 0 Å². The van der Waals surface area contributed by atoms with Gasteiger partial charge in [-0.3, -0.25) is 4.90 Å². The molecule has 0 bridgehead atoms. The minimum Gasteiger partial charge on any atom is -0.379 e. The number of morpholine rings is 1.